The Labute approximate surface area is 144 Å². The second-order valence-corrected chi connectivity index (χ2v) is 6.93. The van der Waals surface area contributed by atoms with Gasteiger partial charge in [0.2, 0.25) is 0 Å². The van der Waals surface area contributed by atoms with Crippen molar-refractivity contribution in [2.75, 3.05) is 31.2 Å². The molecule has 4 rings (SSSR count). The van der Waals surface area contributed by atoms with Crippen LogP contribution in [0, 0.1) is 0 Å². The van der Waals surface area contributed by atoms with E-state index in [1.807, 2.05) is 10.1 Å². The lowest BCUT2D eigenvalue weighted by Gasteiger charge is -2.26. The van der Waals surface area contributed by atoms with Gasteiger partial charge in [-0.3, -0.25) is 9.48 Å². The monoisotopic (exact) mass is 347 g/mol. The number of rotatable bonds is 4. The summed E-state index contributed by atoms with van der Waals surface area (Å²) in [5.41, 5.74) is 2.67. The predicted molar refractivity (Wildman–Crippen MR) is 91.5 cm³/mol. The van der Waals surface area contributed by atoms with Gasteiger partial charge in [-0.05, 0) is 19.3 Å². The molecule has 1 saturated heterocycles. The summed E-state index contributed by atoms with van der Waals surface area (Å²) in [6, 6.07) is 0. The van der Waals surface area contributed by atoms with Crippen LogP contribution >= 0.6 is 11.3 Å². The summed E-state index contributed by atoms with van der Waals surface area (Å²) in [5.74, 6) is -0.0564. The molecule has 0 atom stereocenters. The van der Waals surface area contributed by atoms with Crippen LogP contribution < -0.4 is 10.2 Å². The Morgan fingerprint density at radius 3 is 3.04 bits per heavy atom. The molecule has 2 aromatic heterocycles. The number of carbonyl (C=O) groups is 1. The number of morpholine rings is 1. The zero-order valence-corrected chi connectivity index (χ0v) is 14.3. The van der Waals surface area contributed by atoms with Gasteiger partial charge in [0.05, 0.1) is 42.9 Å². The summed E-state index contributed by atoms with van der Waals surface area (Å²) in [4.78, 5) is 19.3. The minimum atomic E-state index is -0.0564. The van der Waals surface area contributed by atoms with Gasteiger partial charge in [-0.25, -0.2) is 4.98 Å². The van der Waals surface area contributed by atoms with Gasteiger partial charge in [0.25, 0.3) is 5.91 Å². The van der Waals surface area contributed by atoms with E-state index < -0.39 is 0 Å². The Kier molecular flexibility index (Phi) is 4.48. The predicted octanol–water partition coefficient (Wildman–Crippen LogP) is 1.44. The molecule has 0 aromatic carbocycles. The third-order valence-electron chi connectivity index (χ3n) is 4.48. The molecule has 0 aliphatic carbocycles. The summed E-state index contributed by atoms with van der Waals surface area (Å²) in [7, 11) is 0. The Balaban J connectivity index is 1.37. The smallest absolute Gasteiger partial charge is 0.255 e. The third kappa shape index (κ3) is 3.16. The first-order valence-corrected chi connectivity index (χ1v) is 9.29. The lowest BCUT2D eigenvalue weighted by Crippen LogP contribution is -2.36. The van der Waals surface area contributed by atoms with Crippen LogP contribution in [0.2, 0.25) is 0 Å². The fourth-order valence-corrected chi connectivity index (χ4v) is 4.03. The Morgan fingerprint density at radius 2 is 2.17 bits per heavy atom. The molecule has 0 spiro atoms. The van der Waals surface area contributed by atoms with Crippen LogP contribution in [0.3, 0.4) is 0 Å². The maximum absolute atomic E-state index is 12.4. The summed E-state index contributed by atoms with van der Waals surface area (Å²) in [6.07, 6.45) is 4.89. The number of aromatic nitrogens is 3. The highest BCUT2D eigenvalue weighted by Crippen LogP contribution is 2.22. The maximum Gasteiger partial charge on any atom is 0.255 e. The molecule has 0 radical (unpaired) electrons. The number of carbonyl (C=O) groups excluding carboxylic acids is 1. The minimum Gasteiger partial charge on any atom is -0.378 e. The number of aryl methyl sites for hydroxylation is 1. The number of hydrogen-bond acceptors (Lipinski definition) is 6. The van der Waals surface area contributed by atoms with Crippen LogP contribution in [0.1, 0.15) is 34.6 Å². The molecular weight excluding hydrogens is 326 g/mol. The van der Waals surface area contributed by atoms with E-state index in [2.05, 4.69) is 20.3 Å². The van der Waals surface area contributed by atoms with Crippen molar-refractivity contribution in [1.29, 1.82) is 0 Å². The standard InChI is InChI=1S/C16H21N5O2S/c22-15(13-10-18-21-4-2-1-3-14(13)21)17-9-12-11-24-16(19-12)20-5-7-23-8-6-20/h10-11H,1-9H2,(H,17,22). The first-order chi connectivity index (χ1) is 11.8. The third-order valence-corrected chi connectivity index (χ3v) is 5.43. The molecule has 1 N–H and O–H groups in total. The first kappa shape index (κ1) is 15.6. The number of hydrogen-bond donors (Lipinski definition) is 1. The van der Waals surface area contributed by atoms with Crippen LogP contribution in [0.15, 0.2) is 11.6 Å². The molecule has 1 amide bonds. The lowest BCUT2D eigenvalue weighted by atomic mass is 10.1. The van der Waals surface area contributed by atoms with Gasteiger partial charge < -0.3 is 15.0 Å². The van der Waals surface area contributed by atoms with E-state index in [1.54, 1.807) is 17.5 Å². The molecule has 2 aromatic rings. The number of fused-ring (bicyclic) bond motifs is 1. The highest BCUT2D eigenvalue weighted by molar-refractivity contribution is 7.13. The van der Waals surface area contributed by atoms with Crippen molar-refractivity contribution >= 4 is 22.4 Å². The van der Waals surface area contributed by atoms with Crippen LogP contribution in [-0.4, -0.2) is 47.0 Å². The van der Waals surface area contributed by atoms with E-state index in [9.17, 15) is 4.79 Å². The van der Waals surface area contributed by atoms with Crippen molar-refractivity contribution < 1.29 is 9.53 Å². The highest BCUT2D eigenvalue weighted by atomic mass is 32.1. The molecule has 0 saturated carbocycles. The number of amides is 1. The number of nitrogens with zero attached hydrogens (tertiary/aromatic N) is 4. The van der Waals surface area contributed by atoms with E-state index in [0.717, 1.165) is 68.6 Å². The molecule has 24 heavy (non-hydrogen) atoms. The van der Waals surface area contributed by atoms with Gasteiger partial charge >= 0.3 is 0 Å². The largest absolute Gasteiger partial charge is 0.378 e. The van der Waals surface area contributed by atoms with Crippen molar-refractivity contribution in [1.82, 2.24) is 20.1 Å². The molecule has 7 nitrogen and oxygen atoms in total. The fraction of sp³-hybridized carbons (Fsp3) is 0.562. The van der Waals surface area contributed by atoms with Crippen molar-refractivity contribution in [3.05, 3.63) is 28.5 Å². The second-order valence-electron chi connectivity index (χ2n) is 6.09. The summed E-state index contributed by atoms with van der Waals surface area (Å²) >= 11 is 1.62. The van der Waals surface area contributed by atoms with E-state index in [1.165, 1.54) is 0 Å². The topological polar surface area (TPSA) is 72.3 Å². The van der Waals surface area contributed by atoms with E-state index in [4.69, 9.17) is 4.74 Å². The van der Waals surface area contributed by atoms with Crippen molar-refractivity contribution in [3.63, 3.8) is 0 Å². The lowest BCUT2D eigenvalue weighted by molar-refractivity contribution is 0.0949. The van der Waals surface area contributed by atoms with Gasteiger partial charge in [0.1, 0.15) is 0 Å². The molecule has 128 valence electrons. The van der Waals surface area contributed by atoms with E-state index in [-0.39, 0.29) is 5.91 Å². The molecule has 0 unspecified atom stereocenters. The zero-order chi connectivity index (χ0) is 16.4. The maximum atomic E-state index is 12.4. The van der Waals surface area contributed by atoms with Crippen molar-refractivity contribution in [2.45, 2.75) is 32.4 Å². The summed E-state index contributed by atoms with van der Waals surface area (Å²) < 4.78 is 7.32. The average Bonchev–Trinajstić information content (AvgIpc) is 3.27. The fourth-order valence-electron chi connectivity index (χ4n) is 3.15. The quantitative estimate of drug-likeness (QED) is 0.906. The van der Waals surface area contributed by atoms with Crippen molar-refractivity contribution in [3.8, 4) is 0 Å². The average molecular weight is 347 g/mol. The number of ether oxygens (including phenoxy) is 1. The Bertz CT molecular complexity index is 720. The molecule has 4 heterocycles. The van der Waals surface area contributed by atoms with Crippen LogP contribution in [-0.2, 0) is 24.2 Å². The first-order valence-electron chi connectivity index (χ1n) is 8.41. The van der Waals surface area contributed by atoms with Gasteiger partial charge in [-0.2, -0.15) is 5.10 Å². The van der Waals surface area contributed by atoms with E-state index in [0.29, 0.717) is 12.1 Å². The van der Waals surface area contributed by atoms with Gasteiger partial charge in [-0.1, -0.05) is 0 Å². The number of anilines is 1. The van der Waals surface area contributed by atoms with Crippen LogP contribution in [0.4, 0.5) is 5.13 Å². The summed E-state index contributed by atoms with van der Waals surface area (Å²) in [6.45, 7) is 4.61. The second kappa shape index (κ2) is 6.90. The molecule has 1 fully saturated rings. The van der Waals surface area contributed by atoms with Gasteiger partial charge in [-0.15, -0.1) is 11.3 Å². The van der Waals surface area contributed by atoms with Crippen LogP contribution in [0.5, 0.6) is 0 Å². The highest BCUT2D eigenvalue weighted by Gasteiger charge is 2.20. The van der Waals surface area contributed by atoms with Crippen LogP contribution in [0.25, 0.3) is 0 Å². The number of nitrogens with one attached hydrogen (secondary N) is 1. The van der Waals surface area contributed by atoms with Crippen molar-refractivity contribution in [2.24, 2.45) is 0 Å². The molecular formula is C16H21N5O2S. The zero-order valence-electron chi connectivity index (χ0n) is 13.5. The molecule has 0 bridgehead atoms. The molecule has 2 aliphatic rings. The van der Waals surface area contributed by atoms with Gasteiger partial charge in [0, 0.05) is 25.0 Å². The Morgan fingerprint density at radius 1 is 1.29 bits per heavy atom. The van der Waals surface area contributed by atoms with Gasteiger partial charge in [0.15, 0.2) is 5.13 Å². The number of thiazole rings is 1. The Hall–Kier alpha value is -1.93. The van der Waals surface area contributed by atoms with E-state index >= 15 is 0 Å². The normalized spacial score (nSPS) is 17.6. The summed E-state index contributed by atoms with van der Waals surface area (Å²) in [5, 5.41) is 10.3. The molecule has 2 aliphatic heterocycles. The minimum absolute atomic E-state index is 0.0564. The molecule has 8 heteroatoms. The SMILES string of the molecule is O=C(NCc1csc(N2CCOCC2)n1)c1cnn2c1CCCC2.